The third kappa shape index (κ3) is 4.02. The fourth-order valence-corrected chi connectivity index (χ4v) is 3.18. The first kappa shape index (κ1) is 15.4. The molecule has 3 heterocycles. The Labute approximate surface area is 140 Å². The smallest absolute Gasteiger partial charge is 0.388 e. The number of pyridine rings is 1. The summed E-state index contributed by atoms with van der Waals surface area (Å²) in [5.74, 6) is 0.232. The minimum Gasteiger partial charge on any atom is -0.388 e. The summed E-state index contributed by atoms with van der Waals surface area (Å²) in [6.07, 6.45) is 2.73. The lowest BCUT2D eigenvalue weighted by atomic mass is 10.4. The van der Waals surface area contributed by atoms with Gasteiger partial charge in [-0.3, -0.25) is 10.3 Å². The van der Waals surface area contributed by atoms with Gasteiger partial charge < -0.3 is 10.1 Å². The molecule has 3 aromatic heterocycles. The molecule has 7 nitrogen and oxygen atoms in total. The summed E-state index contributed by atoms with van der Waals surface area (Å²) in [4.78, 5) is 24.3. The SMILES string of the molecule is Cc1csc(NC(=O)Oc2nc(C)sc2Nc2ccncc2)n1. The lowest BCUT2D eigenvalue weighted by molar-refractivity contribution is 0.214. The highest BCUT2D eigenvalue weighted by atomic mass is 32.1. The van der Waals surface area contributed by atoms with Gasteiger partial charge in [0.2, 0.25) is 0 Å². The second-order valence-corrected chi connectivity index (χ2v) is 6.60. The van der Waals surface area contributed by atoms with Crippen molar-refractivity contribution in [2.75, 3.05) is 10.6 Å². The summed E-state index contributed by atoms with van der Waals surface area (Å²) in [5.41, 5.74) is 1.68. The normalized spacial score (nSPS) is 10.3. The summed E-state index contributed by atoms with van der Waals surface area (Å²) >= 11 is 2.74. The Kier molecular flexibility index (Phi) is 4.49. The monoisotopic (exact) mass is 347 g/mol. The molecule has 0 fully saturated rings. The van der Waals surface area contributed by atoms with Crippen molar-refractivity contribution >= 4 is 44.6 Å². The summed E-state index contributed by atoms with van der Waals surface area (Å²) in [6, 6.07) is 3.63. The Morgan fingerprint density at radius 2 is 2.00 bits per heavy atom. The number of aromatic nitrogens is 3. The summed E-state index contributed by atoms with van der Waals surface area (Å²) in [5, 5.41) is 9.52. The van der Waals surface area contributed by atoms with Crippen molar-refractivity contribution in [2.24, 2.45) is 0 Å². The van der Waals surface area contributed by atoms with Crippen molar-refractivity contribution in [1.82, 2.24) is 15.0 Å². The van der Waals surface area contributed by atoms with Gasteiger partial charge in [0.15, 0.2) is 10.1 Å². The number of ether oxygens (including phenoxy) is 1. The van der Waals surface area contributed by atoms with E-state index in [1.807, 2.05) is 31.4 Å². The van der Waals surface area contributed by atoms with Crippen LogP contribution >= 0.6 is 22.7 Å². The second kappa shape index (κ2) is 6.71. The summed E-state index contributed by atoms with van der Waals surface area (Å²) in [7, 11) is 0. The van der Waals surface area contributed by atoms with Crippen LogP contribution in [-0.4, -0.2) is 21.0 Å². The number of nitrogens with zero attached hydrogens (tertiary/aromatic N) is 3. The van der Waals surface area contributed by atoms with E-state index in [1.54, 1.807) is 12.4 Å². The Bertz CT molecular complexity index is 816. The number of rotatable bonds is 4. The standard InChI is InChI=1S/C14H13N5O2S2/c1-8-7-22-13(16-8)19-14(20)21-11-12(23-9(2)17-11)18-10-3-5-15-6-4-10/h3-7H,1-2H3,(H,15,18)(H,16,19,20). The predicted octanol–water partition coefficient (Wildman–Crippen LogP) is 3.97. The van der Waals surface area contributed by atoms with Crippen molar-refractivity contribution in [1.29, 1.82) is 0 Å². The van der Waals surface area contributed by atoms with Gasteiger partial charge >= 0.3 is 6.09 Å². The van der Waals surface area contributed by atoms with Crippen molar-refractivity contribution in [2.45, 2.75) is 13.8 Å². The topological polar surface area (TPSA) is 89.0 Å². The average Bonchev–Trinajstić information content (AvgIpc) is 3.06. The maximum absolute atomic E-state index is 12.0. The fraction of sp³-hybridized carbons (Fsp3) is 0.143. The molecular weight excluding hydrogens is 334 g/mol. The second-order valence-electron chi connectivity index (χ2n) is 4.54. The van der Waals surface area contributed by atoms with Gasteiger partial charge in [0, 0.05) is 23.5 Å². The van der Waals surface area contributed by atoms with Crippen molar-refractivity contribution in [3.05, 3.63) is 40.6 Å². The van der Waals surface area contributed by atoms with Crippen LogP contribution in [0.3, 0.4) is 0 Å². The van der Waals surface area contributed by atoms with E-state index in [1.165, 1.54) is 22.7 Å². The predicted molar refractivity (Wildman–Crippen MR) is 90.9 cm³/mol. The molecule has 0 aromatic carbocycles. The Morgan fingerprint density at radius 1 is 1.22 bits per heavy atom. The molecule has 0 radical (unpaired) electrons. The average molecular weight is 347 g/mol. The number of hydrogen-bond donors (Lipinski definition) is 2. The Morgan fingerprint density at radius 3 is 2.70 bits per heavy atom. The molecule has 0 aliphatic rings. The van der Waals surface area contributed by atoms with Gasteiger partial charge in [-0.15, -0.1) is 11.3 Å². The lowest BCUT2D eigenvalue weighted by Gasteiger charge is -2.06. The highest BCUT2D eigenvalue weighted by molar-refractivity contribution is 7.16. The first-order chi connectivity index (χ1) is 11.1. The maximum atomic E-state index is 12.0. The van der Waals surface area contributed by atoms with Gasteiger partial charge in [-0.1, -0.05) is 11.3 Å². The van der Waals surface area contributed by atoms with E-state index < -0.39 is 6.09 Å². The molecule has 0 saturated heterocycles. The Hall–Kier alpha value is -2.52. The molecule has 2 N–H and O–H groups in total. The number of hydrogen-bond acceptors (Lipinski definition) is 8. The third-order valence-electron chi connectivity index (χ3n) is 2.66. The molecule has 0 bridgehead atoms. The molecular formula is C14H13N5O2S2. The van der Waals surface area contributed by atoms with Crippen LogP contribution < -0.4 is 15.4 Å². The van der Waals surface area contributed by atoms with Crippen LogP contribution in [0.15, 0.2) is 29.9 Å². The summed E-state index contributed by atoms with van der Waals surface area (Å²) in [6.45, 7) is 3.70. The minimum absolute atomic E-state index is 0.232. The first-order valence-corrected chi connectivity index (χ1v) is 8.35. The molecule has 0 aliphatic heterocycles. The van der Waals surface area contributed by atoms with Gasteiger partial charge in [-0.05, 0) is 26.0 Å². The van der Waals surface area contributed by atoms with Crippen molar-refractivity contribution in [3.63, 3.8) is 0 Å². The van der Waals surface area contributed by atoms with Gasteiger partial charge in [0.1, 0.15) is 0 Å². The van der Waals surface area contributed by atoms with E-state index in [2.05, 4.69) is 25.6 Å². The molecule has 0 aliphatic carbocycles. The van der Waals surface area contributed by atoms with Crippen LogP contribution in [0.1, 0.15) is 10.7 Å². The number of anilines is 3. The fourth-order valence-electron chi connectivity index (χ4n) is 1.73. The molecule has 9 heteroatoms. The van der Waals surface area contributed by atoms with E-state index in [4.69, 9.17) is 4.74 Å². The number of nitrogens with one attached hydrogen (secondary N) is 2. The van der Waals surface area contributed by atoms with Crippen molar-refractivity contribution < 1.29 is 9.53 Å². The number of carbonyl (C=O) groups is 1. The van der Waals surface area contributed by atoms with Crippen LogP contribution in [0.25, 0.3) is 0 Å². The zero-order valence-electron chi connectivity index (χ0n) is 12.4. The van der Waals surface area contributed by atoms with Gasteiger partial charge in [-0.2, -0.15) is 0 Å². The van der Waals surface area contributed by atoms with Crippen LogP contribution in [-0.2, 0) is 0 Å². The summed E-state index contributed by atoms with van der Waals surface area (Å²) < 4.78 is 5.29. The number of thiazole rings is 2. The lowest BCUT2D eigenvalue weighted by Crippen LogP contribution is -2.17. The van der Waals surface area contributed by atoms with E-state index in [0.29, 0.717) is 10.1 Å². The van der Waals surface area contributed by atoms with Gasteiger partial charge in [0.25, 0.3) is 5.88 Å². The maximum Gasteiger partial charge on any atom is 0.420 e. The third-order valence-corrected chi connectivity index (χ3v) is 4.40. The molecule has 0 atom stereocenters. The molecule has 1 amide bonds. The van der Waals surface area contributed by atoms with Crippen LogP contribution in [0, 0.1) is 13.8 Å². The van der Waals surface area contributed by atoms with E-state index in [-0.39, 0.29) is 5.88 Å². The van der Waals surface area contributed by atoms with E-state index in [9.17, 15) is 4.79 Å². The molecule has 0 spiro atoms. The van der Waals surface area contributed by atoms with Gasteiger partial charge in [0.05, 0.1) is 10.7 Å². The molecule has 0 saturated carbocycles. The van der Waals surface area contributed by atoms with Crippen LogP contribution in [0.2, 0.25) is 0 Å². The number of aryl methyl sites for hydroxylation is 2. The molecule has 23 heavy (non-hydrogen) atoms. The van der Waals surface area contributed by atoms with E-state index >= 15 is 0 Å². The molecule has 0 unspecified atom stereocenters. The van der Waals surface area contributed by atoms with Crippen molar-refractivity contribution in [3.8, 4) is 5.88 Å². The largest absolute Gasteiger partial charge is 0.420 e. The quantitative estimate of drug-likeness (QED) is 0.742. The zero-order valence-corrected chi connectivity index (χ0v) is 14.0. The van der Waals surface area contributed by atoms with E-state index in [0.717, 1.165) is 16.4 Å². The Balaban J connectivity index is 1.71. The molecule has 118 valence electrons. The highest BCUT2D eigenvalue weighted by Crippen LogP contribution is 2.33. The first-order valence-electron chi connectivity index (χ1n) is 6.65. The van der Waals surface area contributed by atoms with Gasteiger partial charge in [-0.25, -0.2) is 14.8 Å². The van der Waals surface area contributed by atoms with Crippen LogP contribution in [0.4, 0.5) is 20.6 Å². The minimum atomic E-state index is -0.623. The van der Waals surface area contributed by atoms with Crippen LogP contribution in [0.5, 0.6) is 5.88 Å². The highest BCUT2D eigenvalue weighted by Gasteiger charge is 2.16. The molecule has 3 rings (SSSR count). The number of carbonyl (C=O) groups excluding carboxylic acids is 1. The number of amides is 1. The molecule has 3 aromatic rings. The zero-order chi connectivity index (χ0) is 16.2.